The highest BCUT2D eigenvalue weighted by Crippen LogP contribution is 2.33. The summed E-state index contributed by atoms with van der Waals surface area (Å²) in [5, 5.41) is 8.92. The molecule has 8 heteroatoms. The van der Waals surface area contributed by atoms with Crippen LogP contribution in [0, 0.1) is 12.8 Å². The summed E-state index contributed by atoms with van der Waals surface area (Å²) in [4.78, 5) is 34.7. The number of aromatic amines is 1. The molecule has 8 nitrogen and oxygen atoms in total. The average molecular weight is 469 g/mol. The monoisotopic (exact) mass is 468 g/mol. The molecule has 35 heavy (non-hydrogen) atoms. The quantitative estimate of drug-likeness (QED) is 0.455. The standard InChI is InChI=1S/C27H28N6O2/c1-4-25(34)32-12-17(13-32)9-24-29-22-8-6-18(26-16(2)5-7-23-21(26)11-28-30-23)10-20(22)27(35)33(24)19-14-31(3)15-19/h4-8,10-11,17,19H,1,9,12-15H2,2-3H3,(H,28,30). The minimum atomic E-state index is -0.0406. The zero-order chi connectivity index (χ0) is 24.3. The van der Waals surface area contributed by atoms with Crippen molar-refractivity contribution >= 4 is 27.7 Å². The third-order valence-corrected chi connectivity index (χ3v) is 7.42. The molecule has 4 heterocycles. The highest BCUT2D eigenvalue weighted by atomic mass is 16.2. The maximum atomic E-state index is 13.9. The molecule has 0 aliphatic carbocycles. The Kier molecular flexibility index (Phi) is 5.07. The Morgan fingerprint density at radius 3 is 2.71 bits per heavy atom. The van der Waals surface area contributed by atoms with Crippen LogP contribution in [0.15, 0.2) is 54.0 Å². The lowest BCUT2D eigenvalue weighted by molar-refractivity contribution is -0.132. The van der Waals surface area contributed by atoms with Crippen molar-refractivity contribution < 1.29 is 4.79 Å². The topological polar surface area (TPSA) is 87.1 Å². The second-order valence-electron chi connectivity index (χ2n) is 9.92. The molecular formula is C27H28N6O2. The molecule has 2 aliphatic heterocycles. The molecule has 0 radical (unpaired) electrons. The highest BCUT2D eigenvalue weighted by Gasteiger charge is 2.33. The number of aromatic nitrogens is 4. The number of H-pyrrole nitrogens is 1. The predicted molar refractivity (Wildman–Crippen MR) is 136 cm³/mol. The van der Waals surface area contributed by atoms with Gasteiger partial charge in [-0.2, -0.15) is 5.10 Å². The fourth-order valence-electron chi connectivity index (χ4n) is 5.53. The lowest BCUT2D eigenvalue weighted by Crippen LogP contribution is -2.52. The van der Waals surface area contributed by atoms with Crippen LogP contribution in [0.3, 0.4) is 0 Å². The number of carbonyl (C=O) groups is 1. The van der Waals surface area contributed by atoms with Gasteiger partial charge in [-0.3, -0.25) is 19.3 Å². The Labute approximate surface area is 202 Å². The zero-order valence-corrected chi connectivity index (χ0v) is 20.0. The minimum Gasteiger partial charge on any atom is -0.338 e. The average Bonchev–Trinajstić information content (AvgIpc) is 3.28. The molecule has 2 aromatic carbocycles. The molecule has 178 valence electrons. The van der Waals surface area contributed by atoms with Crippen molar-refractivity contribution in [3.63, 3.8) is 0 Å². The van der Waals surface area contributed by atoms with E-state index in [0.29, 0.717) is 36.3 Å². The van der Waals surface area contributed by atoms with E-state index in [9.17, 15) is 9.59 Å². The van der Waals surface area contributed by atoms with Crippen LogP contribution in [0.5, 0.6) is 0 Å². The number of rotatable bonds is 5. The van der Waals surface area contributed by atoms with Crippen molar-refractivity contribution in [3.05, 3.63) is 70.9 Å². The molecule has 2 fully saturated rings. The first-order valence-corrected chi connectivity index (χ1v) is 12.0. The summed E-state index contributed by atoms with van der Waals surface area (Å²) in [5.74, 6) is 1.08. The SMILES string of the molecule is C=CC(=O)N1CC(Cc2nc3ccc(-c4c(C)ccc5[nH]ncc45)cc3c(=O)n2C2CN(C)C2)C1. The van der Waals surface area contributed by atoms with Crippen molar-refractivity contribution in [2.75, 3.05) is 33.2 Å². The number of carbonyl (C=O) groups excluding carboxylic acids is 1. The Bertz CT molecular complexity index is 1540. The van der Waals surface area contributed by atoms with Gasteiger partial charge in [0.2, 0.25) is 5.91 Å². The van der Waals surface area contributed by atoms with Gasteiger partial charge in [0.1, 0.15) is 5.82 Å². The van der Waals surface area contributed by atoms with Crippen LogP contribution in [-0.4, -0.2) is 68.7 Å². The summed E-state index contributed by atoms with van der Waals surface area (Å²) >= 11 is 0. The number of hydrogen-bond donors (Lipinski definition) is 1. The summed E-state index contributed by atoms with van der Waals surface area (Å²) in [6.45, 7) is 8.67. The van der Waals surface area contributed by atoms with Gasteiger partial charge in [-0.05, 0) is 54.9 Å². The van der Waals surface area contributed by atoms with Gasteiger partial charge in [0.25, 0.3) is 5.56 Å². The predicted octanol–water partition coefficient (Wildman–Crippen LogP) is 2.92. The fraction of sp³-hybridized carbons (Fsp3) is 0.333. The molecule has 1 N–H and O–H groups in total. The van der Waals surface area contributed by atoms with Crippen LogP contribution in [0.4, 0.5) is 0 Å². The number of nitrogens with one attached hydrogen (secondary N) is 1. The maximum Gasteiger partial charge on any atom is 0.261 e. The van der Waals surface area contributed by atoms with E-state index >= 15 is 0 Å². The van der Waals surface area contributed by atoms with E-state index in [0.717, 1.165) is 46.5 Å². The summed E-state index contributed by atoms with van der Waals surface area (Å²) in [6.07, 6.45) is 3.88. The number of aryl methyl sites for hydroxylation is 1. The van der Waals surface area contributed by atoms with Crippen molar-refractivity contribution in [3.8, 4) is 11.1 Å². The van der Waals surface area contributed by atoms with Gasteiger partial charge in [0, 0.05) is 43.9 Å². The number of nitrogens with zero attached hydrogens (tertiary/aromatic N) is 5. The molecule has 2 aliphatic rings. The molecular weight excluding hydrogens is 440 g/mol. The molecule has 4 aromatic rings. The minimum absolute atomic E-state index is 0.0142. The highest BCUT2D eigenvalue weighted by molar-refractivity contribution is 5.98. The molecule has 0 atom stereocenters. The molecule has 0 saturated carbocycles. The van der Waals surface area contributed by atoms with Gasteiger partial charge in [-0.25, -0.2) is 4.98 Å². The van der Waals surface area contributed by atoms with Crippen molar-refractivity contribution in [1.29, 1.82) is 0 Å². The molecule has 6 rings (SSSR count). The zero-order valence-electron chi connectivity index (χ0n) is 20.0. The van der Waals surface area contributed by atoms with E-state index < -0.39 is 0 Å². The van der Waals surface area contributed by atoms with Gasteiger partial charge < -0.3 is 9.80 Å². The Hall–Kier alpha value is -3.78. The number of amides is 1. The normalized spacial score (nSPS) is 17.0. The van der Waals surface area contributed by atoms with E-state index in [-0.39, 0.29) is 17.5 Å². The first-order valence-electron chi connectivity index (χ1n) is 12.0. The summed E-state index contributed by atoms with van der Waals surface area (Å²) < 4.78 is 1.91. The number of hydrogen-bond acceptors (Lipinski definition) is 5. The Morgan fingerprint density at radius 1 is 1.17 bits per heavy atom. The summed E-state index contributed by atoms with van der Waals surface area (Å²) in [7, 11) is 2.06. The van der Waals surface area contributed by atoms with E-state index in [4.69, 9.17) is 4.98 Å². The second kappa shape index (κ2) is 8.16. The number of benzene rings is 2. The molecule has 0 bridgehead atoms. The van der Waals surface area contributed by atoms with Gasteiger partial charge >= 0.3 is 0 Å². The maximum absolute atomic E-state index is 13.9. The van der Waals surface area contributed by atoms with Crippen LogP contribution >= 0.6 is 0 Å². The van der Waals surface area contributed by atoms with Crippen molar-refractivity contribution in [1.82, 2.24) is 29.5 Å². The third kappa shape index (κ3) is 3.56. The first kappa shape index (κ1) is 21.7. The second-order valence-corrected chi connectivity index (χ2v) is 9.92. The van der Waals surface area contributed by atoms with Gasteiger partial charge in [0.15, 0.2) is 0 Å². The lowest BCUT2D eigenvalue weighted by atomic mass is 9.94. The summed E-state index contributed by atoms with van der Waals surface area (Å²) in [5.41, 5.74) is 4.90. The van der Waals surface area contributed by atoms with Gasteiger partial charge in [0.05, 0.1) is 28.7 Å². The van der Waals surface area contributed by atoms with E-state index in [1.165, 1.54) is 6.08 Å². The van der Waals surface area contributed by atoms with E-state index in [2.05, 4.69) is 41.7 Å². The molecule has 0 unspecified atom stereocenters. The third-order valence-electron chi connectivity index (χ3n) is 7.42. The molecule has 0 spiro atoms. The van der Waals surface area contributed by atoms with Gasteiger partial charge in [-0.15, -0.1) is 0 Å². The van der Waals surface area contributed by atoms with Crippen molar-refractivity contribution in [2.24, 2.45) is 5.92 Å². The largest absolute Gasteiger partial charge is 0.338 e. The van der Waals surface area contributed by atoms with Crippen LogP contribution in [0.2, 0.25) is 0 Å². The number of fused-ring (bicyclic) bond motifs is 2. The van der Waals surface area contributed by atoms with E-state index in [1.807, 2.05) is 35.0 Å². The van der Waals surface area contributed by atoms with E-state index in [1.54, 1.807) is 4.90 Å². The van der Waals surface area contributed by atoms with Crippen LogP contribution < -0.4 is 5.56 Å². The molecule has 2 saturated heterocycles. The summed E-state index contributed by atoms with van der Waals surface area (Å²) in [6, 6.07) is 10.2. The van der Waals surface area contributed by atoms with Gasteiger partial charge in [-0.1, -0.05) is 18.7 Å². The molecule has 1 amide bonds. The first-order chi connectivity index (χ1) is 16.9. The molecule has 2 aromatic heterocycles. The fourth-order valence-corrected chi connectivity index (χ4v) is 5.53. The van der Waals surface area contributed by atoms with Crippen LogP contribution in [0.1, 0.15) is 17.4 Å². The number of likely N-dealkylation sites (tertiary alicyclic amines) is 2. The van der Waals surface area contributed by atoms with Crippen LogP contribution in [-0.2, 0) is 11.2 Å². The Morgan fingerprint density at radius 2 is 1.97 bits per heavy atom. The van der Waals surface area contributed by atoms with Crippen LogP contribution in [0.25, 0.3) is 32.9 Å². The number of likely N-dealkylation sites (N-methyl/N-ethyl adjacent to an activating group) is 1. The Balaban J connectivity index is 1.43. The lowest BCUT2D eigenvalue weighted by Gasteiger charge is -2.41. The smallest absolute Gasteiger partial charge is 0.261 e. The van der Waals surface area contributed by atoms with Crippen molar-refractivity contribution in [2.45, 2.75) is 19.4 Å².